The van der Waals surface area contributed by atoms with Gasteiger partial charge in [0.25, 0.3) is 0 Å². The molecule has 0 radical (unpaired) electrons. The fourth-order valence-electron chi connectivity index (χ4n) is 2.80. The van der Waals surface area contributed by atoms with Crippen LogP contribution in [0.25, 0.3) is 0 Å². The van der Waals surface area contributed by atoms with Crippen molar-refractivity contribution >= 4 is 21.5 Å². The number of hydrogen-bond acceptors (Lipinski definition) is 3. The molecule has 0 saturated carbocycles. The molecule has 0 spiro atoms. The van der Waals surface area contributed by atoms with Gasteiger partial charge in [-0.05, 0) is 17.7 Å². The van der Waals surface area contributed by atoms with Crippen molar-refractivity contribution in [3.05, 3.63) is 102 Å². The van der Waals surface area contributed by atoms with Crippen LogP contribution in [0.1, 0.15) is 21.5 Å². The third-order valence-corrected chi connectivity index (χ3v) is 5.70. The number of anilines is 1. The number of nitrogens with zero attached hydrogens (tertiary/aromatic N) is 1. The first kappa shape index (κ1) is 20.6. The summed E-state index contributed by atoms with van der Waals surface area (Å²) in [5.41, 5.74) is -5.40. The van der Waals surface area contributed by atoms with Crippen molar-refractivity contribution < 1.29 is 26.4 Å². The van der Waals surface area contributed by atoms with Gasteiger partial charge in [0.05, 0.1) is 12.2 Å². The van der Waals surface area contributed by atoms with Crippen LogP contribution in [0, 0.1) is 0 Å². The fourth-order valence-corrected chi connectivity index (χ4v) is 3.79. The van der Waals surface area contributed by atoms with Gasteiger partial charge in [0.15, 0.2) is 5.78 Å². The highest BCUT2D eigenvalue weighted by molar-refractivity contribution is 7.93. The summed E-state index contributed by atoms with van der Waals surface area (Å²) in [5, 5.41) is 0. The van der Waals surface area contributed by atoms with Crippen LogP contribution < -0.4 is 4.31 Å². The van der Waals surface area contributed by atoms with Crippen LogP contribution in [0.5, 0.6) is 0 Å². The molecule has 0 heterocycles. The fraction of sp³-hybridized carbons (Fsp3) is 0.0952. The van der Waals surface area contributed by atoms with E-state index in [0.29, 0.717) is 5.56 Å². The Labute approximate surface area is 166 Å². The Morgan fingerprint density at radius 3 is 1.90 bits per heavy atom. The Kier molecular flexibility index (Phi) is 5.74. The van der Waals surface area contributed by atoms with Gasteiger partial charge in [0.2, 0.25) is 0 Å². The van der Waals surface area contributed by atoms with Crippen molar-refractivity contribution in [3.63, 3.8) is 0 Å². The molecule has 0 aliphatic carbocycles. The van der Waals surface area contributed by atoms with E-state index in [1.54, 1.807) is 36.4 Å². The van der Waals surface area contributed by atoms with Crippen LogP contribution in [0.3, 0.4) is 0 Å². The molecule has 3 aromatic carbocycles. The van der Waals surface area contributed by atoms with Gasteiger partial charge in [-0.15, -0.1) is 0 Å². The van der Waals surface area contributed by atoms with Crippen molar-refractivity contribution in [1.29, 1.82) is 0 Å². The second-order valence-corrected chi connectivity index (χ2v) is 8.01. The highest BCUT2D eigenvalue weighted by Gasteiger charge is 2.50. The minimum atomic E-state index is -5.75. The molecule has 0 amide bonds. The van der Waals surface area contributed by atoms with E-state index in [9.17, 15) is 26.4 Å². The van der Waals surface area contributed by atoms with Crippen LogP contribution in [0.4, 0.5) is 18.9 Å². The van der Waals surface area contributed by atoms with E-state index >= 15 is 0 Å². The largest absolute Gasteiger partial charge is 0.516 e. The lowest BCUT2D eigenvalue weighted by atomic mass is 10.0. The summed E-state index contributed by atoms with van der Waals surface area (Å²) >= 11 is 0. The molecule has 0 bridgehead atoms. The van der Waals surface area contributed by atoms with Gasteiger partial charge in [-0.1, -0.05) is 72.8 Å². The number of sulfonamides is 1. The van der Waals surface area contributed by atoms with Gasteiger partial charge in [0.1, 0.15) is 0 Å². The van der Waals surface area contributed by atoms with E-state index in [1.807, 2.05) is 0 Å². The van der Waals surface area contributed by atoms with Crippen molar-refractivity contribution in [2.24, 2.45) is 0 Å². The molecule has 0 aliphatic heterocycles. The summed E-state index contributed by atoms with van der Waals surface area (Å²) in [5.74, 6) is -0.573. The molecule has 0 atom stereocenters. The smallest absolute Gasteiger partial charge is 0.289 e. The predicted octanol–water partition coefficient (Wildman–Crippen LogP) is 4.77. The first-order chi connectivity index (χ1) is 13.7. The lowest BCUT2D eigenvalue weighted by molar-refractivity contribution is -0.0438. The van der Waals surface area contributed by atoms with Crippen molar-refractivity contribution in [1.82, 2.24) is 0 Å². The highest BCUT2D eigenvalue weighted by Crippen LogP contribution is 2.34. The van der Waals surface area contributed by atoms with Gasteiger partial charge in [0, 0.05) is 11.1 Å². The summed E-state index contributed by atoms with van der Waals surface area (Å²) in [6.07, 6.45) is 0. The lowest BCUT2D eigenvalue weighted by Gasteiger charge is -2.27. The first-order valence-corrected chi connectivity index (χ1v) is 9.97. The maximum Gasteiger partial charge on any atom is 0.516 e. The summed E-state index contributed by atoms with van der Waals surface area (Å²) in [6.45, 7) is -0.568. The minimum Gasteiger partial charge on any atom is -0.289 e. The molecule has 0 fully saturated rings. The van der Waals surface area contributed by atoms with E-state index in [4.69, 9.17) is 0 Å². The van der Waals surface area contributed by atoms with Crippen LogP contribution in [0.15, 0.2) is 84.9 Å². The van der Waals surface area contributed by atoms with Gasteiger partial charge in [-0.2, -0.15) is 21.6 Å². The Morgan fingerprint density at radius 2 is 1.31 bits per heavy atom. The first-order valence-electron chi connectivity index (χ1n) is 8.53. The summed E-state index contributed by atoms with van der Waals surface area (Å²) in [6, 6.07) is 21.2. The summed E-state index contributed by atoms with van der Waals surface area (Å²) in [7, 11) is -5.75. The zero-order valence-electron chi connectivity index (χ0n) is 15.0. The number of para-hydroxylation sites is 1. The molecule has 8 heteroatoms. The molecule has 4 nitrogen and oxygen atoms in total. The average molecular weight is 419 g/mol. The number of carbonyl (C=O) groups is 1. The summed E-state index contributed by atoms with van der Waals surface area (Å²) in [4.78, 5) is 12.9. The second kappa shape index (κ2) is 8.08. The monoisotopic (exact) mass is 419 g/mol. The van der Waals surface area contributed by atoms with Crippen LogP contribution >= 0.6 is 0 Å². The SMILES string of the molecule is O=C(c1ccccc1)c1ccccc1N(Cc1ccccc1)S(=O)(=O)C(F)(F)F. The third-order valence-electron chi connectivity index (χ3n) is 4.20. The lowest BCUT2D eigenvalue weighted by Crippen LogP contribution is -2.41. The Bertz CT molecular complexity index is 1100. The number of benzene rings is 3. The van der Waals surface area contributed by atoms with Gasteiger partial charge >= 0.3 is 15.5 Å². The van der Waals surface area contributed by atoms with Crippen LogP contribution in [-0.2, 0) is 16.6 Å². The van der Waals surface area contributed by atoms with Crippen molar-refractivity contribution in [2.75, 3.05) is 4.31 Å². The molecule has 3 aromatic rings. The molecule has 0 aliphatic rings. The van der Waals surface area contributed by atoms with Crippen molar-refractivity contribution in [2.45, 2.75) is 12.1 Å². The molecule has 29 heavy (non-hydrogen) atoms. The van der Waals surface area contributed by atoms with Gasteiger partial charge in [-0.3, -0.25) is 9.10 Å². The summed E-state index contributed by atoms with van der Waals surface area (Å²) < 4.78 is 65.2. The van der Waals surface area contributed by atoms with Crippen molar-refractivity contribution in [3.8, 4) is 0 Å². The quantitative estimate of drug-likeness (QED) is 0.541. The number of hydrogen-bond donors (Lipinski definition) is 0. The van der Waals surface area contributed by atoms with E-state index in [1.165, 1.54) is 48.5 Å². The third kappa shape index (κ3) is 4.32. The number of alkyl halides is 3. The standard InChI is InChI=1S/C21H16F3NO3S/c22-21(23,24)29(27,28)25(15-16-9-3-1-4-10-16)19-14-8-7-13-18(19)20(26)17-11-5-2-6-12-17/h1-14H,15H2. The number of halogens is 3. The number of ketones is 1. The van der Waals surface area contributed by atoms with Gasteiger partial charge in [-0.25, -0.2) is 0 Å². The minimum absolute atomic E-state index is 0.137. The molecular weight excluding hydrogens is 403 g/mol. The zero-order valence-corrected chi connectivity index (χ0v) is 15.8. The maximum absolute atomic E-state index is 13.4. The maximum atomic E-state index is 13.4. The molecule has 0 aromatic heterocycles. The highest BCUT2D eigenvalue weighted by atomic mass is 32.2. The molecule has 0 unspecified atom stereocenters. The Hall–Kier alpha value is -3.13. The molecule has 0 N–H and O–H groups in total. The second-order valence-electron chi connectivity index (χ2n) is 6.16. The van der Waals surface area contributed by atoms with Crippen LogP contribution in [-0.4, -0.2) is 19.7 Å². The normalized spacial score (nSPS) is 11.8. The molecule has 150 valence electrons. The predicted molar refractivity (Wildman–Crippen MR) is 104 cm³/mol. The number of carbonyl (C=O) groups excluding carboxylic acids is 1. The average Bonchev–Trinajstić information content (AvgIpc) is 2.72. The molecule has 3 rings (SSSR count). The Morgan fingerprint density at radius 1 is 0.793 bits per heavy atom. The van der Waals surface area contributed by atoms with E-state index in [0.717, 1.165) is 0 Å². The van der Waals surface area contributed by atoms with E-state index in [2.05, 4.69) is 0 Å². The molecule has 0 saturated heterocycles. The zero-order chi connectivity index (χ0) is 21.1. The van der Waals surface area contributed by atoms with E-state index in [-0.39, 0.29) is 21.1 Å². The Balaban J connectivity index is 2.16. The molecular formula is C21H16F3NO3S. The van der Waals surface area contributed by atoms with Crippen LogP contribution in [0.2, 0.25) is 0 Å². The van der Waals surface area contributed by atoms with Gasteiger partial charge < -0.3 is 0 Å². The topological polar surface area (TPSA) is 54.5 Å². The number of rotatable bonds is 6. The van der Waals surface area contributed by atoms with E-state index < -0.39 is 27.9 Å².